The average Bonchev–Trinajstić information content (AvgIpc) is 2.76. The van der Waals surface area contributed by atoms with Crippen LogP contribution in [-0.4, -0.2) is 16.0 Å². The molecule has 0 bridgehead atoms. The smallest absolute Gasteiger partial charge is 0.127 e. The molecule has 0 fully saturated rings. The van der Waals surface area contributed by atoms with Crippen molar-refractivity contribution in [2.75, 3.05) is 0 Å². The van der Waals surface area contributed by atoms with Crippen molar-refractivity contribution < 1.29 is 0 Å². The summed E-state index contributed by atoms with van der Waals surface area (Å²) in [5, 5.41) is 1.18. The second-order valence-electron chi connectivity index (χ2n) is 5.03. The van der Waals surface area contributed by atoms with Gasteiger partial charge in [0.1, 0.15) is 11.2 Å². The first-order valence-corrected chi connectivity index (χ1v) is 7.26. The standard InChI is InChI=1S/C13H18N4S/c1-7(14)11(15)12-10-8-4-2-3-5-9(8)18-13(10)17-6-16-12/h6-7,11H,2-5,14-15H2,1H3. The second-order valence-corrected chi connectivity index (χ2v) is 6.12. The van der Waals surface area contributed by atoms with Crippen molar-refractivity contribution in [3.05, 3.63) is 22.5 Å². The topological polar surface area (TPSA) is 77.8 Å². The van der Waals surface area contributed by atoms with E-state index in [1.165, 1.54) is 35.1 Å². The molecule has 1 aliphatic rings. The lowest BCUT2D eigenvalue weighted by molar-refractivity contribution is 0.577. The van der Waals surface area contributed by atoms with E-state index in [0.29, 0.717) is 0 Å². The molecule has 2 atom stereocenters. The zero-order chi connectivity index (χ0) is 12.7. The van der Waals surface area contributed by atoms with Gasteiger partial charge < -0.3 is 11.5 Å². The summed E-state index contributed by atoms with van der Waals surface area (Å²) in [5.74, 6) is 0. The van der Waals surface area contributed by atoms with Gasteiger partial charge in [-0.3, -0.25) is 0 Å². The van der Waals surface area contributed by atoms with Crippen molar-refractivity contribution in [2.45, 2.75) is 44.7 Å². The molecule has 2 heterocycles. The summed E-state index contributed by atoms with van der Waals surface area (Å²) in [6.45, 7) is 1.93. The predicted molar refractivity (Wildman–Crippen MR) is 74.6 cm³/mol. The SMILES string of the molecule is CC(N)C(N)c1ncnc2sc3c(c12)CCCC3. The third kappa shape index (κ3) is 1.83. The van der Waals surface area contributed by atoms with Crippen LogP contribution >= 0.6 is 11.3 Å². The van der Waals surface area contributed by atoms with E-state index in [9.17, 15) is 0 Å². The summed E-state index contributed by atoms with van der Waals surface area (Å²) < 4.78 is 0. The molecule has 0 aliphatic heterocycles. The lowest BCUT2D eigenvalue weighted by atomic mass is 9.94. The molecule has 2 aromatic heterocycles. The van der Waals surface area contributed by atoms with Crippen LogP contribution < -0.4 is 11.5 Å². The number of aryl methyl sites for hydroxylation is 2. The van der Waals surface area contributed by atoms with Gasteiger partial charge in [0.2, 0.25) is 0 Å². The molecule has 4 nitrogen and oxygen atoms in total. The molecule has 1 aliphatic carbocycles. The highest BCUT2D eigenvalue weighted by Crippen LogP contribution is 2.37. The zero-order valence-electron chi connectivity index (χ0n) is 10.5. The first-order chi connectivity index (χ1) is 8.68. The van der Waals surface area contributed by atoms with Crippen LogP contribution in [0.3, 0.4) is 0 Å². The summed E-state index contributed by atoms with van der Waals surface area (Å²) >= 11 is 1.80. The molecule has 96 valence electrons. The fourth-order valence-electron chi connectivity index (χ4n) is 2.62. The number of hydrogen-bond donors (Lipinski definition) is 2. The predicted octanol–water partition coefficient (Wildman–Crippen LogP) is 1.92. The Bertz CT molecular complexity index is 576. The van der Waals surface area contributed by atoms with Gasteiger partial charge in [-0.2, -0.15) is 0 Å². The van der Waals surface area contributed by atoms with E-state index in [2.05, 4.69) is 9.97 Å². The summed E-state index contributed by atoms with van der Waals surface area (Å²) in [7, 11) is 0. The highest BCUT2D eigenvalue weighted by Gasteiger charge is 2.23. The van der Waals surface area contributed by atoms with Crippen LogP contribution in [0.15, 0.2) is 6.33 Å². The van der Waals surface area contributed by atoms with Crippen LogP contribution in [0.1, 0.15) is 41.9 Å². The Morgan fingerprint density at radius 2 is 2.00 bits per heavy atom. The Morgan fingerprint density at radius 1 is 1.22 bits per heavy atom. The molecule has 5 heteroatoms. The Balaban J connectivity index is 2.23. The molecule has 3 rings (SSSR count). The third-order valence-electron chi connectivity index (χ3n) is 3.66. The minimum atomic E-state index is -0.212. The lowest BCUT2D eigenvalue weighted by Crippen LogP contribution is -2.32. The number of nitrogens with zero attached hydrogens (tertiary/aromatic N) is 2. The fraction of sp³-hybridized carbons (Fsp3) is 0.538. The zero-order valence-corrected chi connectivity index (χ0v) is 11.3. The van der Waals surface area contributed by atoms with Gasteiger partial charge in [-0.15, -0.1) is 11.3 Å². The summed E-state index contributed by atoms with van der Waals surface area (Å²) in [6.07, 6.45) is 6.44. The van der Waals surface area contributed by atoms with Gasteiger partial charge in [-0.25, -0.2) is 9.97 Å². The van der Waals surface area contributed by atoms with Gasteiger partial charge in [-0.1, -0.05) is 0 Å². The van der Waals surface area contributed by atoms with Gasteiger partial charge >= 0.3 is 0 Å². The minimum absolute atomic E-state index is 0.0951. The molecule has 0 spiro atoms. The monoisotopic (exact) mass is 262 g/mol. The first-order valence-electron chi connectivity index (χ1n) is 6.44. The summed E-state index contributed by atoms with van der Waals surface area (Å²) in [5.41, 5.74) is 14.5. The van der Waals surface area contributed by atoms with Gasteiger partial charge in [0.25, 0.3) is 0 Å². The molecule has 18 heavy (non-hydrogen) atoms. The van der Waals surface area contributed by atoms with E-state index in [1.54, 1.807) is 17.7 Å². The largest absolute Gasteiger partial charge is 0.326 e. The Hall–Kier alpha value is -1.04. The Kier molecular flexibility index (Phi) is 3.05. The molecular weight excluding hydrogens is 244 g/mol. The van der Waals surface area contributed by atoms with Gasteiger partial charge in [0.15, 0.2) is 0 Å². The van der Waals surface area contributed by atoms with Gasteiger partial charge in [-0.05, 0) is 38.2 Å². The normalized spacial score (nSPS) is 18.6. The van der Waals surface area contributed by atoms with Crippen LogP contribution in [0.4, 0.5) is 0 Å². The van der Waals surface area contributed by atoms with E-state index in [1.807, 2.05) is 6.92 Å². The van der Waals surface area contributed by atoms with E-state index in [0.717, 1.165) is 16.9 Å². The molecular formula is C13H18N4S. The number of fused-ring (bicyclic) bond motifs is 3. The molecule has 0 radical (unpaired) electrons. The van der Waals surface area contributed by atoms with Gasteiger partial charge in [0.05, 0.1) is 11.7 Å². The molecule has 0 saturated heterocycles. The number of rotatable bonds is 2. The maximum absolute atomic E-state index is 6.19. The molecule has 2 aromatic rings. The maximum Gasteiger partial charge on any atom is 0.127 e. The molecule has 0 saturated carbocycles. The van der Waals surface area contributed by atoms with Crippen LogP contribution in [0, 0.1) is 0 Å². The van der Waals surface area contributed by atoms with Crippen molar-refractivity contribution in [1.29, 1.82) is 0 Å². The quantitative estimate of drug-likeness (QED) is 0.866. The van der Waals surface area contributed by atoms with E-state index in [4.69, 9.17) is 11.5 Å². The van der Waals surface area contributed by atoms with Crippen LogP contribution in [0.2, 0.25) is 0 Å². The van der Waals surface area contributed by atoms with Gasteiger partial charge in [0, 0.05) is 16.3 Å². The number of hydrogen-bond acceptors (Lipinski definition) is 5. The van der Waals surface area contributed by atoms with Crippen molar-refractivity contribution in [3.63, 3.8) is 0 Å². The average molecular weight is 262 g/mol. The highest BCUT2D eigenvalue weighted by molar-refractivity contribution is 7.18. The Morgan fingerprint density at radius 3 is 2.78 bits per heavy atom. The van der Waals surface area contributed by atoms with E-state index >= 15 is 0 Å². The third-order valence-corrected chi connectivity index (χ3v) is 4.86. The van der Waals surface area contributed by atoms with Crippen LogP contribution in [0.5, 0.6) is 0 Å². The molecule has 4 N–H and O–H groups in total. The van der Waals surface area contributed by atoms with E-state index < -0.39 is 0 Å². The maximum atomic E-state index is 6.19. The molecule has 0 amide bonds. The summed E-state index contributed by atoms with van der Waals surface area (Å²) in [4.78, 5) is 11.3. The molecule has 0 aromatic carbocycles. The Labute approximate surface area is 110 Å². The van der Waals surface area contributed by atoms with Crippen molar-refractivity contribution >= 4 is 21.6 Å². The van der Waals surface area contributed by atoms with Crippen LogP contribution in [0.25, 0.3) is 10.2 Å². The first kappa shape index (κ1) is 12.0. The van der Waals surface area contributed by atoms with Crippen molar-refractivity contribution in [3.8, 4) is 0 Å². The highest BCUT2D eigenvalue weighted by atomic mass is 32.1. The van der Waals surface area contributed by atoms with Crippen molar-refractivity contribution in [1.82, 2.24) is 9.97 Å². The number of nitrogens with two attached hydrogens (primary N) is 2. The van der Waals surface area contributed by atoms with Crippen LogP contribution in [-0.2, 0) is 12.8 Å². The fourth-order valence-corrected chi connectivity index (χ4v) is 3.85. The second kappa shape index (κ2) is 4.57. The van der Waals surface area contributed by atoms with Crippen molar-refractivity contribution in [2.24, 2.45) is 11.5 Å². The number of thiophene rings is 1. The number of aromatic nitrogens is 2. The molecule has 2 unspecified atom stereocenters. The van der Waals surface area contributed by atoms with E-state index in [-0.39, 0.29) is 12.1 Å². The summed E-state index contributed by atoms with van der Waals surface area (Å²) in [6, 6.07) is -0.307. The lowest BCUT2D eigenvalue weighted by Gasteiger charge is -2.17. The minimum Gasteiger partial charge on any atom is -0.326 e.